The number of ether oxygens (including phenoxy) is 1. The Kier molecular flexibility index (Phi) is 5.48. The molecule has 6 nitrogen and oxygen atoms in total. The minimum absolute atomic E-state index is 0.0792. The molecule has 0 unspecified atom stereocenters. The molecule has 4 rings (SSSR count). The highest BCUT2D eigenvalue weighted by atomic mass is 16.5. The molecule has 0 bridgehead atoms. The molecule has 0 fully saturated rings. The van der Waals surface area contributed by atoms with Crippen molar-refractivity contribution in [3.63, 3.8) is 0 Å². The number of aryl methyl sites for hydroxylation is 1. The number of carbonyl (C=O) groups excluding carboxylic acids is 1. The van der Waals surface area contributed by atoms with Crippen molar-refractivity contribution in [2.45, 2.75) is 25.3 Å². The predicted molar refractivity (Wildman–Crippen MR) is 112 cm³/mol. The Morgan fingerprint density at radius 1 is 1.03 bits per heavy atom. The van der Waals surface area contributed by atoms with Crippen molar-refractivity contribution < 1.29 is 19.4 Å². The Bertz CT molecular complexity index is 1050. The Labute approximate surface area is 174 Å². The number of carbonyl (C=O) groups is 2. The summed E-state index contributed by atoms with van der Waals surface area (Å²) < 4.78 is 5.45. The van der Waals surface area contributed by atoms with E-state index >= 15 is 0 Å². The van der Waals surface area contributed by atoms with Crippen molar-refractivity contribution in [2.75, 3.05) is 6.61 Å². The van der Waals surface area contributed by atoms with Crippen LogP contribution >= 0.6 is 0 Å². The van der Waals surface area contributed by atoms with Crippen LogP contribution in [0, 0.1) is 6.92 Å². The van der Waals surface area contributed by atoms with E-state index in [2.05, 4.69) is 22.4 Å². The summed E-state index contributed by atoms with van der Waals surface area (Å²) in [7, 11) is 0. The van der Waals surface area contributed by atoms with E-state index in [0.717, 1.165) is 27.8 Å². The second kappa shape index (κ2) is 8.37. The molecule has 2 N–H and O–H groups in total. The van der Waals surface area contributed by atoms with Gasteiger partial charge in [0.25, 0.3) is 0 Å². The molecule has 3 aromatic rings. The molecule has 0 spiro atoms. The maximum atomic E-state index is 12.4. The highest BCUT2D eigenvalue weighted by Gasteiger charge is 2.30. The van der Waals surface area contributed by atoms with Crippen LogP contribution in [0.25, 0.3) is 11.1 Å². The molecule has 2 aromatic carbocycles. The highest BCUT2D eigenvalue weighted by Crippen LogP contribution is 2.44. The lowest BCUT2D eigenvalue weighted by Crippen LogP contribution is -2.43. The summed E-state index contributed by atoms with van der Waals surface area (Å²) in [6.07, 6.45) is 0.943. The normalized spacial score (nSPS) is 13.2. The average molecular weight is 402 g/mol. The van der Waals surface area contributed by atoms with Crippen molar-refractivity contribution in [3.05, 3.63) is 89.2 Å². The second-order valence-electron chi connectivity index (χ2n) is 7.33. The number of carboxylic acid groups (broad SMARTS) is 1. The second-order valence-corrected chi connectivity index (χ2v) is 7.33. The van der Waals surface area contributed by atoms with Gasteiger partial charge in [-0.25, -0.2) is 9.59 Å². The van der Waals surface area contributed by atoms with Gasteiger partial charge >= 0.3 is 12.1 Å². The van der Waals surface area contributed by atoms with E-state index in [9.17, 15) is 14.7 Å². The molecule has 1 aliphatic carbocycles. The Hall–Kier alpha value is -3.67. The van der Waals surface area contributed by atoms with E-state index in [4.69, 9.17) is 4.74 Å². The number of pyridine rings is 1. The lowest BCUT2D eigenvalue weighted by Gasteiger charge is -2.17. The largest absolute Gasteiger partial charge is 0.480 e. The van der Waals surface area contributed by atoms with Crippen LogP contribution in [0.3, 0.4) is 0 Å². The zero-order valence-electron chi connectivity index (χ0n) is 16.5. The third kappa shape index (κ3) is 3.89. The van der Waals surface area contributed by atoms with Gasteiger partial charge in [0.1, 0.15) is 12.6 Å². The topological polar surface area (TPSA) is 88.5 Å². The third-order valence-electron chi connectivity index (χ3n) is 5.45. The summed E-state index contributed by atoms with van der Waals surface area (Å²) in [5.41, 5.74) is 5.98. The number of carboxylic acids is 1. The van der Waals surface area contributed by atoms with Crippen molar-refractivity contribution in [1.29, 1.82) is 0 Å². The molecule has 30 heavy (non-hydrogen) atoms. The minimum atomic E-state index is -1.13. The van der Waals surface area contributed by atoms with Gasteiger partial charge in [-0.15, -0.1) is 0 Å². The van der Waals surface area contributed by atoms with Crippen LogP contribution < -0.4 is 5.32 Å². The van der Waals surface area contributed by atoms with E-state index in [-0.39, 0.29) is 18.9 Å². The summed E-state index contributed by atoms with van der Waals surface area (Å²) in [6.45, 7) is 1.99. The summed E-state index contributed by atoms with van der Waals surface area (Å²) in [6, 6.07) is 18.6. The maximum Gasteiger partial charge on any atom is 0.407 e. The zero-order chi connectivity index (χ0) is 21.1. The molecule has 1 aliphatic rings. The molecule has 0 aliphatic heterocycles. The number of hydrogen-bond acceptors (Lipinski definition) is 4. The maximum absolute atomic E-state index is 12.4. The lowest BCUT2D eigenvalue weighted by atomic mass is 9.98. The quantitative estimate of drug-likeness (QED) is 0.652. The number of aliphatic carboxylic acids is 1. The first-order chi connectivity index (χ1) is 14.5. The van der Waals surface area contributed by atoms with Crippen LogP contribution in [0.2, 0.25) is 0 Å². The first-order valence-electron chi connectivity index (χ1n) is 9.79. The molecular formula is C24H22N2O4. The molecule has 1 aromatic heterocycles. The minimum Gasteiger partial charge on any atom is -0.480 e. The van der Waals surface area contributed by atoms with Crippen molar-refractivity contribution >= 4 is 12.1 Å². The fourth-order valence-electron chi connectivity index (χ4n) is 3.91. The molecule has 152 valence electrons. The number of aromatic nitrogens is 1. The fraction of sp³-hybridized carbons (Fsp3) is 0.208. The van der Waals surface area contributed by atoms with Gasteiger partial charge in [-0.2, -0.15) is 0 Å². The van der Waals surface area contributed by atoms with Gasteiger partial charge in [-0.1, -0.05) is 54.6 Å². The zero-order valence-corrected chi connectivity index (χ0v) is 16.5. The van der Waals surface area contributed by atoms with Crippen molar-refractivity contribution in [3.8, 4) is 11.1 Å². The summed E-state index contributed by atoms with van der Waals surface area (Å²) >= 11 is 0. The van der Waals surface area contributed by atoms with Crippen LogP contribution in [-0.4, -0.2) is 34.8 Å². The van der Waals surface area contributed by atoms with Crippen LogP contribution in [0.15, 0.2) is 66.9 Å². The summed E-state index contributed by atoms with van der Waals surface area (Å²) in [5.74, 6) is -1.21. The molecule has 0 saturated carbocycles. The number of nitrogens with one attached hydrogen (secondary N) is 1. The number of amides is 1. The third-order valence-corrected chi connectivity index (χ3v) is 5.45. The monoisotopic (exact) mass is 402 g/mol. The lowest BCUT2D eigenvalue weighted by molar-refractivity contribution is -0.139. The van der Waals surface area contributed by atoms with E-state index in [1.807, 2.05) is 49.4 Å². The number of alkyl carbamates (subject to hydrolysis) is 1. The standard InChI is InChI=1S/C24H22N2O4/c1-15-7-6-12-25-21(15)13-22(23(27)28)26-24(29)30-14-20-18-10-4-2-8-16(18)17-9-3-5-11-19(17)20/h2-12,20,22H,13-14H2,1H3,(H,26,29)(H,27,28)/t22-/m1/s1. The average Bonchev–Trinajstić information content (AvgIpc) is 3.07. The molecule has 0 saturated heterocycles. The van der Waals surface area contributed by atoms with E-state index in [0.29, 0.717) is 5.69 Å². The Balaban J connectivity index is 1.44. The van der Waals surface area contributed by atoms with Gasteiger partial charge in [0.2, 0.25) is 0 Å². The van der Waals surface area contributed by atoms with Crippen LogP contribution in [0.1, 0.15) is 28.3 Å². The van der Waals surface area contributed by atoms with Gasteiger partial charge in [0.05, 0.1) is 0 Å². The van der Waals surface area contributed by atoms with Crippen LogP contribution in [0.4, 0.5) is 4.79 Å². The number of nitrogens with zero attached hydrogens (tertiary/aromatic N) is 1. The molecule has 1 heterocycles. The van der Waals surface area contributed by atoms with Gasteiger partial charge in [-0.3, -0.25) is 4.98 Å². The van der Waals surface area contributed by atoms with Crippen LogP contribution in [-0.2, 0) is 16.0 Å². The molecular weight excluding hydrogens is 380 g/mol. The summed E-state index contributed by atoms with van der Waals surface area (Å²) in [4.78, 5) is 28.2. The number of rotatable bonds is 6. The number of hydrogen-bond donors (Lipinski definition) is 2. The van der Waals surface area contributed by atoms with E-state index < -0.39 is 18.1 Å². The van der Waals surface area contributed by atoms with Gasteiger partial charge in [0, 0.05) is 24.2 Å². The molecule has 1 atom stereocenters. The van der Waals surface area contributed by atoms with Crippen LogP contribution in [0.5, 0.6) is 0 Å². The number of benzene rings is 2. The first kappa shape index (κ1) is 19.6. The first-order valence-corrected chi connectivity index (χ1v) is 9.79. The van der Waals surface area contributed by atoms with Crippen molar-refractivity contribution in [1.82, 2.24) is 10.3 Å². The fourth-order valence-corrected chi connectivity index (χ4v) is 3.91. The summed E-state index contributed by atoms with van der Waals surface area (Å²) in [5, 5.41) is 12.0. The van der Waals surface area contributed by atoms with Gasteiger partial charge < -0.3 is 15.2 Å². The smallest absolute Gasteiger partial charge is 0.407 e. The van der Waals surface area contributed by atoms with Gasteiger partial charge in [0.15, 0.2) is 0 Å². The Morgan fingerprint density at radius 2 is 1.67 bits per heavy atom. The van der Waals surface area contributed by atoms with E-state index in [1.165, 1.54) is 0 Å². The Morgan fingerprint density at radius 3 is 2.27 bits per heavy atom. The van der Waals surface area contributed by atoms with E-state index in [1.54, 1.807) is 12.3 Å². The van der Waals surface area contributed by atoms with Crippen molar-refractivity contribution in [2.24, 2.45) is 0 Å². The SMILES string of the molecule is Cc1cccnc1C[C@@H](NC(=O)OCC1c2ccccc2-c2ccccc21)C(=O)O. The molecule has 6 heteroatoms. The predicted octanol–water partition coefficient (Wildman–Crippen LogP) is 3.92. The number of fused-ring (bicyclic) bond motifs is 3. The highest BCUT2D eigenvalue weighted by molar-refractivity contribution is 5.81. The molecule has 1 amide bonds. The van der Waals surface area contributed by atoms with Gasteiger partial charge in [-0.05, 0) is 40.8 Å². The molecule has 0 radical (unpaired) electrons.